The van der Waals surface area contributed by atoms with Crippen molar-refractivity contribution in [3.05, 3.63) is 29.6 Å². The number of hydrogen-bond acceptors (Lipinski definition) is 2. The van der Waals surface area contributed by atoms with E-state index in [2.05, 4.69) is 5.32 Å². The zero-order valence-electron chi connectivity index (χ0n) is 11.4. The molecular formula is C15H18FNO3. The Morgan fingerprint density at radius 3 is 2.70 bits per heavy atom. The molecule has 0 bridgehead atoms. The van der Waals surface area contributed by atoms with Crippen LogP contribution in [-0.4, -0.2) is 17.0 Å². The minimum atomic E-state index is -0.843. The number of aliphatic carboxylic acids is 1. The molecule has 0 spiro atoms. The van der Waals surface area contributed by atoms with Crippen molar-refractivity contribution in [2.45, 2.75) is 32.6 Å². The van der Waals surface area contributed by atoms with Crippen molar-refractivity contribution in [1.82, 2.24) is 0 Å². The van der Waals surface area contributed by atoms with Crippen molar-refractivity contribution in [3.8, 4) is 0 Å². The van der Waals surface area contributed by atoms with Crippen molar-refractivity contribution < 1.29 is 19.1 Å². The van der Waals surface area contributed by atoms with Gasteiger partial charge in [0.1, 0.15) is 5.82 Å². The van der Waals surface area contributed by atoms with Gasteiger partial charge in [-0.15, -0.1) is 0 Å². The number of halogens is 1. The maximum Gasteiger partial charge on any atom is 0.306 e. The zero-order valence-corrected chi connectivity index (χ0v) is 11.4. The molecule has 20 heavy (non-hydrogen) atoms. The predicted octanol–water partition coefficient (Wildman–Crippen LogP) is 2.96. The molecule has 1 saturated carbocycles. The molecule has 2 N–H and O–H groups in total. The van der Waals surface area contributed by atoms with Crippen LogP contribution < -0.4 is 5.32 Å². The summed E-state index contributed by atoms with van der Waals surface area (Å²) in [5.74, 6) is -2.19. The minimum Gasteiger partial charge on any atom is -0.481 e. The van der Waals surface area contributed by atoms with E-state index in [0.717, 1.165) is 6.42 Å². The second kappa shape index (κ2) is 6.03. The van der Waals surface area contributed by atoms with Gasteiger partial charge in [0.15, 0.2) is 0 Å². The van der Waals surface area contributed by atoms with Gasteiger partial charge in [-0.1, -0.05) is 12.5 Å². The van der Waals surface area contributed by atoms with Crippen LogP contribution >= 0.6 is 0 Å². The Morgan fingerprint density at radius 1 is 1.30 bits per heavy atom. The Hall–Kier alpha value is -1.91. The largest absolute Gasteiger partial charge is 0.481 e. The summed E-state index contributed by atoms with van der Waals surface area (Å²) < 4.78 is 13.4. The summed E-state index contributed by atoms with van der Waals surface area (Å²) in [6, 6.07) is 4.53. The van der Waals surface area contributed by atoms with Gasteiger partial charge in [0, 0.05) is 17.2 Å². The topological polar surface area (TPSA) is 66.4 Å². The maximum absolute atomic E-state index is 13.4. The van der Waals surface area contributed by atoms with E-state index in [-0.39, 0.29) is 17.6 Å². The lowest BCUT2D eigenvalue weighted by atomic mass is 9.81. The second-order valence-corrected chi connectivity index (χ2v) is 5.30. The lowest BCUT2D eigenvalue weighted by Crippen LogP contribution is -2.31. The number of amides is 1. The first-order valence-corrected chi connectivity index (χ1v) is 6.78. The Bertz CT molecular complexity index is 530. The second-order valence-electron chi connectivity index (χ2n) is 5.30. The fourth-order valence-electron chi connectivity index (χ4n) is 2.63. The van der Waals surface area contributed by atoms with Crippen molar-refractivity contribution in [1.29, 1.82) is 0 Å². The van der Waals surface area contributed by atoms with Crippen molar-refractivity contribution in [2.75, 3.05) is 5.32 Å². The van der Waals surface area contributed by atoms with Gasteiger partial charge >= 0.3 is 5.97 Å². The van der Waals surface area contributed by atoms with Crippen molar-refractivity contribution in [3.63, 3.8) is 0 Å². The number of nitrogens with one attached hydrogen (secondary N) is 1. The van der Waals surface area contributed by atoms with E-state index in [9.17, 15) is 14.0 Å². The Balaban J connectivity index is 2.04. The van der Waals surface area contributed by atoms with Crippen LogP contribution in [0, 0.1) is 24.6 Å². The van der Waals surface area contributed by atoms with E-state index in [1.165, 1.54) is 6.07 Å². The van der Waals surface area contributed by atoms with Crippen LogP contribution in [0.15, 0.2) is 18.2 Å². The van der Waals surface area contributed by atoms with E-state index in [4.69, 9.17) is 5.11 Å². The van der Waals surface area contributed by atoms with Crippen LogP contribution in [0.3, 0.4) is 0 Å². The summed E-state index contributed by atoms with van der Waals surface area (Å²) in [5.41, 5.74) is 0.846. The first-order chi connectivity index (χ1) is 9.49. The Morgan fingerprint density at radius 2 is 2.00 bits per heavy atom. The highest BCUT2D eigenvalue weighted by Crippen LogP contribution is 2.30. The normalized spacial score (nSPS) is 22.3. The number of benzene rings is 1. The van der Waals surface area contributed by atoms with E-state index in [0.29, 0.717) is 30.5 Å². The highest BCUT2D eigenvalue weighted by Gasteiger charge is 2.31. The number of anilines is 1. The van der Waals surface area contributed by atoms with Crippen molar-refractivity contribution in [2.24, 2.45) is 11.8 Å². The average Bonchev–Trinajstić information content (AvgIpc) is 2.44. The average molecular weight is 279 g/mol. The van der Waals surface area contributed by atoms with Crippen LogP contribution in [0.25, 0.3) is 0 Å². The number of carboxylic acid groups (broad SMARTS) is 1. The van der Waals surface area contributed by atoms with Gasteiger partial charge in [-0.3, -0.25) is 9.59 Å². The predicted molar refractivity (Wildman–Crippen MR) is 72.9 cm³/mol. The summed E-state index contributed by atoms with van der Waals surface area (Å²) >= 11 is 0. The molecule has 1 aromatic rings. The van der Waals surface area contributed by atoms with Crippen molar-refractivity contribution >= 4 is 17.6 Å². The molecule has 4 nitrogen and oxygen atoms in total. The first-order valence-electron chi connectivity index (χ1n) is 6.78. The number of rotatable bonds is 3. The van der Waals surface area contributed by atoms with Crippen LogP contribution in [0.5, 0.6) is 0 Å². The molecule has 1 fully saturated rings. The third-order valence-electron chi connectivity index (χ3n) is 3.92. The van der Waals surface area contributed by atoms with Gasteiger partial charge in [0.25, 0.3) is 0 Å². The summed E-state index contributed by atoms with van der Waals surface area (Å²) in [4.78, 5) is 23.2. The smallest absolute Gasteiger partial charge is 0.306 e. The van der Waals surface area contributed by atoms with Gasteiger partial charge in [-0.25, -0.2) is 4.39 Å². The number of hydrogen-bond donors (Lipinski definition) is 2. The highest BCUT2D eigenvalue weighted by molar-refractivity contribution is 5.93. The standard InChI is InChI=1S/C15H18FNO3/c1-9-12(16)6-3-7-13(9)17-14(18)10-4-2-5-11(8-10)15(19)20/h3,6-7,10-11H,2,4-5,8H2,1H3,(H,17,18)(H,19,20). The monoisotopic (exact) mass is 279 g/mol. The fourth-order valence-corrected chi connectivity index (χ4v) is 2.63. The van der Waals surface area contributed by atoms with E-state index >= 15 is 0 Å². The molecule has 0 aromatic heterocycles. The molecule has 1 aliphatic carbocycles. The van der Waals surface area contributed by atoms with E-state index in [1.807, 2.05) is 0 Å². The van der Waals surface area contributed by atoms with E-state index < -0.39 is 11.9 Å². The summed E-state index contributed by atoms with van der Waals surface area (Å²) in [6.07, 6.45) is 2.40. The number of carbonyl (C=O) groups is 2. The molecule has 108 valence electrons. The summed E-state index contributed by atoms with van der Waals surface area (Å²) in [7, 11) is 0. The van der Waals surface area contributed by atoms with Gasteiger partial charge < -0.3 is 10.4 Å². The van der Waals surface area contributed by atoms with Crippen LogP contribution in [0.1, 0.15) is 31.2 Å². The summed E-state index contributed by atoms with van der Waals surface area (Å²) in [5, 5.41) is 11.7. The van der Waals surface area contributed by atoms with E-state index in [1.54, 1.807) is 19.1 Å². The minimum absolute atomic E-state index is 0.218. The SMILES string of the molecule is Cc1c(F)cccc1NC(=O)C1CCCC(C(=O)O)C1. The molecule has 0 radical (unpaired) electrons. The molecular weight excluding hydrogens is 261 g/mol. The highest BCUT2D eigenvalue weighted by atomic mass is 19.1. The lowest BCUT2D eigenvalue weighted by Gasteiger charge is -2.26. The Kier molecular flexibility index (Phi) is 4.37. The van der Waals surface area contributed by atoms with Crippen LogP contribution in [0.4, 0.5) is 10.1 Å². The molecule has 5 heteroatoms. The molecule has 2 unspecified atom stereocenters. The van der Waals surface area contributed by atoms with Crippen LogP contribution in [-0.2, 0) is 9.59 Å². The molecule has 2 rings (SSSR count). The molecule has 0 heterocycles. The lowest BCUT2D eigenvalue weighted by molar-refractivity contribution is -0.143. The maximum atomic E-state index is 13.4. The molecule has 2 atom stereocenters. The third-order valence-corrected chi connectivity index (χ3v) is 3.92. The van der Waals surface area contributed by atoms with Gasteiger partial charge in [-0.2, -0.15) is 0 Å². The van der Waals surface area contributed by atoms with Gasteiger partial charge in [0.05, 0.1) is 5.92 Å². The summed E-state index contributed by atoms with van der Waals surface area (Å²) in [6.45, 7) is 1.60. The molecule has 1 aliphatic rings. The molecule has 0 aliphatic heterocycles. The first kappa shape index (κ1) is 14.5. The fraction of sp³-hybridized carbons (Fsp3) is 0.467. The van der Waals surface area contributed by atoms with Gasteiger partial charge in [0.2, 0.25) is 5.91 Å². The number of carboxylic acids is 1. The third kappa shape index (κ3) is 3.15. The zero-order chi connectivity index (χ0) is 14.7. The van der Waals surface area contributed by atoms with Gasteiger partial charge in [-0.05, 0) is 38.3 Å². The number of carbonyl (C=O) groups excluding carboxylic acids is 1. The molecule has 0 saturated heterocycles. The Labute approximate surface area is 117 Å². The molecule has 1 aromatic carbocycles. The van der Waals surface area contributed by atoms with Crippen LogP contribution in [0.2, 0.25) is 0 Å². The molecule has 1 amide bonds. The quantitative estimate of drug-likeness (QED) is 0.894.